The van der Waals surface area contributed by atoms with Crippen LogP contribution in [-0.2, 0) is 4.79 Å². The van der Waals surface area contributed by atoms with Crippen LogP contribution < -0.4 is 15.4 Å². The van der Waals surface area contributed by atoms with Gasteiger partial charge in [0.05, 0.1) is 18.3 Å². The second kappa shape index (κ2) is 8.23. The molecular weight excluding hydrogens is 330 g/mol. The zero-order valence-corrected chi connectivity index (χ0v) is 13.8. The molecule has 0 saturated carbocycles. The number of hydrogen-bond donors (Lipinski definition) is 2. The van der Waals surface area contributed by atoms with Gasteiger partial charge >= 0.3 is 0 Å². The minimum Gasteiger partial charge on any atom is -0.489 e. The van der Waals surface area contributed by atoms with Crippen LogP contribution >= 0.6 is 0 Å². The van der Waals surface area contributed by atoms with Gasteiger partial charge in [0.15, 0.2) is 11.6 Å². The molecule has 7 heteroatoms. The van der Waals surface area contributed by atoms with Gasteiger partial charge in [0.25, 0.3) is 5.91 Å². The molecule has 2 amide bonds. The van der Waals surface area contributed by atoms with E-state index < -0.39 is 23.4 Å². The van der Waals surface area contributed by atoms with E-state index >= 15 is 0 Å². The van der Waals surface area contributed by atoms with E-state index in [0.29, 0.717) is 11.4 Å². The number of amides is 2. The summed E-state index contributed by atoms with van der Waals surface area (Å²) < 4.78 is 31.6. The lowest BCUT2D eigenvalue weighted by molar-refractivity contribution is -0.115. The first-order valence-corrected chi connectivity index (χ1v) is 7.65. The molecule has 25 heavy (non-hydrogen) atoms. The predicted octanol–water partition coefficient (Wildman–Crippen LogP) is 3.12. The number of nitrogens with one attached hydrogen (secondary N) is 2. The number of carbonyl (C=O) groups excluding carboxylic acids is 2. The van der Waals surface area contributed by atoms with Crippen LogP contribution in [0.15, 0.2) is 42.5 Å². The van der Waals surface area contributed by atoms with E-state index in [0.717, 1.165) is 18.2 Å². The Morgan fingerprint density at radius 3 is 2.48 bits per heavy atom. The molecule has 2 rings (SSSR count). The minimum absolute atomic E-state index is 0.0638. The highest BCUT2D eigenvalue weighted by atomic mass is 19.2. The first-order valence-electron chi connectivity index (χ1n) is 7.65. The fourth-order valence-electron chi connectivity index (χ4n) is 2.02. The highest BCUT2D eigenvalue weighted by Crippen LogP contribution is 2.24. The zero-order chi connectivity index (χ0) is 18.4. The Kier molecular flexibility index (Phi) is 6.05. The third-order valence-electron chi connectivity index (χ3n) is 3.12. The van der Waals surface area contributed by atoms with E-state index in [9.17, 15) is 18.4 Å². The van der Waals surface area contributed by atoms with Gasteiger partial charge in [-0.15, -0.1) is 0 Å². The molecule has 0 saturated heterocycles. The number of hydrogen-bond acceptors (Lipinski definition) is 3. The van der Waals surface area contributed by atoms with Crippen molar-refractivity contribution in [1.82, 2.24) is 5.32 Å². The van der Waals surface area contributed by atoms with Crippen molar-refractivity contribution >= 4 is 17.5 Å². The smallest absolute Gasteiger partial charge is 0.251 e. The summed E-state index contributed by atoms with van der Waals surface area (Å²) in [5.41, 5.74) is 0.401. The normalized spacial score (nSPS) is 10.4. The van der Waals surface area contributed by atoms with Crippen molar-refractivity contribution in [2.75, 3.05) is 11.9 Å². The van der Waals surface area contributed by atoms with E-state index in [1.165, 1.54) is 0 Å². The number of ether oxygens (including phenoxy) is 1. The Morgan fingerprint density at radius 1 is 1.08 bits per heavy atom. The third kappa shape index (κ3) is 5.27. The van der Waals surface area contributed by atoms with E-state index in [4.69, 9.17) is 4.74 Å². The number of halogens is 2. The summed E-state index contributed by atoms with van der Waals surface area (Å²) in [6, 6.07) is 9.67. The van der Waals surface area contributed by atoms with E-state index in [2.05, 4.69) is 10.6 Å². The Balaban J connectivity index is 1.94. The van der Waals surface area contributed by atoms with Crippen LogP contribution in [0.4, 0.5) is 14.5 Å². The van der Waals surface area contributed by atoms with Crippen molar-refractivity contribution < 1.29 is 23.1 Å². The SMILES string of the molecule is CC(C)Oc1ccccc1NC(=O)CNC(=O)c1ccc(F)c(F)c1. The van der Waals surface area contributed by atoms with Crippen LogP contribution in [0.2, 0.25) is 0 Å². The number of anilines is 1. The van der Waals surface area contributed by atoms with Gasteiger partial charge in [-0.25, -0.2) is 8.78 Å². The standard InChI is InChI=1S/C18H18F2N2O3/c1-11(2)25-16-6-4-3-5-15(16)22-17(23)10-21-18(24)12-7-8-13(19)14(20)9-12/h3-9,11H,10H2,1-2H3,(H,21,24)(H,22,23). The van der Waals surface area contributed by atoms with Crippen LogP contribution in [0, 0.1) is 11.6 Å². The molecule has 0 aromatic heterocycles. The first-order chi connectivity index (χ1) is 11.9. The number of rotatable bonds is 6. The molecule has 0 aliphatic rings. The Labute approximate surface area is 144 Å². The van der Waals surface area contributed by atoms with Gasteiger partial charge < -0.3 is 15.4 Å². The molecule has 0 spiro atoms. The summed E-state index contributed by atoms with van der Waals surface area (Å²) in [4.78, 5) is 23.9. The van der Waals surface area contributed by atoms with Crippen LogP contribution in [0.25, 0.3) is 0 Å². The number of para-hydroxylation sites is 2. The monoisotopic (exact) mass is 348 g/mol. The van der Waals surface area contributed by atoms with Gasteiger partial charge in [0.2, 0.25) is 5.91 Å². The molecule has 2 aromatic carbocycles. The lowest BCUT2D eigenvalue weighted by Gasteiger charge is -2.15. The van der Waals surface area contributed by atoms with Gasteiger partial charge in [-0.2, -0.15) is 0 Å². The molecule has 0 aliphatic heterocycles. The largest absolute Gasteiger partial charge is 0.489 e. The van der Waals surface area contributed by atoms with Crippen LogP contribution in [0.3, 0.4) is 0 Å². The predicted molar refractivity (Wildman–Crippen MR) is 89.5 cm³/mol. The molecule has 0 unspecified atom stereocenters. The second-order valence-electron chi connectivity index (χ2n) is 5.52. The van der Waals surface area contributed by atoms with Gasteiger partial charge in [0, 0.05) is 5.56 Å². The fraction of sp³-hybridized carbons (Fsp3) is 0.222. The molecule has 0 fully saturated rings. The van der Waals surface area contributed by atoms with Crippen molar-refractivity contribution in [1.29, 1.82) is 0 Å². The Hall–Kier alpha value is -2.96. The molecule has 0 radical (unpaired) electrons. The molecule has 0 bridgehead atoms. The first kappa shape index (κ1) is 18.4. The highest BCUT2D eigenvalue weighted by molar-refractivity contribution is 5.99. The zero-order valence-electron chi connectivity index (χ0n) is 13.8. The van der Waals surface area contributed by atoms with Crippen LogP contribution in [0.1, 0.15) is 24.2 Å². The van der Waals surface area contributed by atoms with E-state index in [1.54, 1.807) is 24.3 Å². The average Bonchev–Trinajstić information content (AvgIpc) is 2.56. The molecule has 2 N–H and O–H groups in total. The summed E-state index contributed by atoms with van der Waals surface area (Å²) in [6.07, 6.45) is -0.0638. The van der Waals surface area contributed by atoms with Crippen LogP contribution in [0.5, 0.6) is 5.75 Å². The van der Waals surface area contributed by atoms with Crippen molar-refractivity contribution in [2.24, 2.45) is 0 Å². The lowest BCUT2D eigenvalue weighted by atomic mass is 10.2. The summed E-state index contributed by atoms with van der Waals surface area (Å²) in [6.45, 7) is 3.40. The molecule has 2 aromatic rings. The maximum absolute atomic E-state index is 13.1. The highest BCUT2D eigenvalue weighted by Gasteiger charge is 2.12. The van der Waals surface area contributed by atoms with Crippen molar-refractivity contribution in [2.45, 2.75) is 20.0 Å². The Morgan fingerprint density at radius 2 is 1.80 bits per heavy atom. The summed E-state index contributed by atoms with van der Waals surface area (Å²) in [7, 11) is 0. The molecular formula is C18H18F2N2O3. The second-order valence-corrected chi connectivity index (χ2v) is 5.52. The molecule has 0 atom stereocenters. The van der Waals surface area contributed by atoms with Crippen molar-refractivity contribution in [3.63, 3.8) is 0 Å². The molecule has 0 heterocycles. The van der Waals surface area contributed by atoms with Gasteiger partial charge in [-0.1, -0.05) is 12.1 Å². The van der Waals surface area contributed by atoms with E-state index in [1.807, 2.05) is 13.8 Å². The number of benzene rings is 2. The topological polar surface area (TPSA) is 67.4 Å². The third-order valence-corrected chi connectivity index (χ3v) is 3.12. The van der Waals surface area contributed by atoms with Gasteiger partial charge in [-0.3, -0.25) is 9.59 Å². The molecule has 132 valence electrons. The van der Waals surface area contributed by atoms with E-state index in [-0.39, 0.29) is 18.2 Å². The van der Waals surface area contributed by atoms with Crippen LogP contribution in [-0.4, -0.2) is 24.5 Å². The maximum Gasteiger partial charge on any atom is 0.251 e. The maximum atomic E-state index is 13.1. The lowest BCUT2D eigenvalue weighted by Crippen LogP contribution is -2.33. The quantitative estimate of drug-likeness (QED) is 0.843. The Bertz CT molecular complexity index is 779. The van der Waals surface area contributed by atoms with Gasteiger partial charge in [-0.05, 0) is 44.2 Å². The summed E-state index contributed by atoms with van der Waals surface area (Å²) in [5.74, 6) is -2.82. The molecule has 0 aliphatic carbocycles. The van der Waals surface area contributed by atoms with Crippen molar-refractivity contribution in [3.8, 4) is 5.75 Å². The number of carbonyl (C=O) groups is 2. The van der Waals surface area contributed by atoms with Gasteiger partial charge in [0.1, 0.15) is 5.75 Å². The van der Waals surface area contributed by atoms with Crippen molar-refractivity contribution in [3.05, 3.63) is 59.7 Å². The fourth-order valence-corrected chi connectivity index (χ4v) is 2.02. The summed E-state index contributed by atoms with van der Waals surface area (Å²) in [5, 5.41) is 4.98. The molecule has 5 nitrogen and oxygen atoms in total. The minimum atomic E-state index is -1.13. The summed E-state index contributed by atoms with van der Waals surface area (Å²) >= 11 is 0. The average molecular weight is 348 g/mol.